The molecule has 1 saturated heterocycles. The SMILES string of the molecule is CCCN(CC(=O)Nc1cccc([N+](=O)[O-])c1C)C1CCN(C(=O)c2ccccc2)CC1. The van der Waals surface area contributed by atoms with Crippen LogP contribution >= 0.6 is 0 Å². The molecule has 1 heterocycles. The lowest BCUT2D eigenvalue weighted by Crippen LogP contribution is -2.49. The predicted molar refractivity (Wildman–Crippen MR) is 124 cm³/mol. The number of nitro groups is 1. The maximum Gasteiger partial charge on any atom is 0.274 e. The second-order valence-corrected chi connectivity index (χ2v) is 8.11. The van der Waals surface area contributed by atoms with E-state index in [0.29, 0.717) is 29.9 Å². The highest BCUT2D eigenvalue weighted by molar-refractivity contribution is 5.94. The van der Waals surface area contributed by atoms with E-state index in [4.69, 9.17) is 0 Å². The van der Waals surface area contributed by atoms with Gasteiger partial charge in [-0.2, -0.15) is 0 Å². The summed E-state index contributed by atoms with van der Waals surface area (Å²) in [5, 5.41) is 14.0. The number of benzene rings is 2. The molecule has 1 fully saturated rings. The number of carbonyl (C=O) groups is 2. The predicted octanol–water partition coefficient (Wildman–Crippen LogP) is 3.86. The third-order valence-electron chi connectivity index (χ3n) is 5.92. The molecule has 1 aliphatic rings. The molecule has 0 atom stereocenters. The number of nitrogens with zero attached hydrogens (tertiary/aromatic N) is 3. The van der Waals surface area contributed by atoms with Gasteiger partial charge in [-0.3, -0.25) is 24.6 Å². The maximum atomic E-state index is 12.7. The number of nitro benzene ring substituents is 1. The van der Waals surface area contributed by atoms with E-state index in [1.807, 2.05) is 35.2 Å². The zero-order valence-corrected chi connectivity index (χ0v) is 18.6. The first kappa shape index (κ1) is 23.4. The van der Waals surface area contributed by atoms with Crippen molar-refractivity contribution in [2.75, 3.05) is 31.5 Å². The van der Waals surface area contributed by atoms with Crippen LogP contribution in [-0.2, 0) is 4.79 Å². The fraction of sp³-hybridized carbons (Fsp3) is 0.417. The second-order valence-electron chi connectivity index (χ2n) is 8.11. The van der Waals surface area contributed by atoms with Crippen molar-refractivity contribution in [3.8, 4) is 0 Å². The summed E-state index contributed by atoms with van der Waals surface area (Å²) in [6, 6.07) is 14.2. The summed E-state index contributed by atoms with van der Waals surface area (Å²) in [6.45, 7) is 6.01. The molecule has 0 spiro atoms. The van der Waals surface area contributed by atoms with Crippen molar-refractivity contribution in [3.63, 3.8) is 0 Å². The molecule has 0 radical (unpaired) electrons. The number of anilines is 1. The van der Waals surface area contributed by atoms with Crippen LogP contribution in [0.2, 0.25) is 0 Å². The van der Waals surface area contributed by atoms with E-state index in [2.05, 4.69) is 17.1 Å². The normalized spacial score (nSPS) is 14.4. The van der Waals surface area contributed by atoms with Gasteiger partial charge < -0.3 is 10.2 Å². The minimum atomic E-state index is -0.446. The molecule has 32 heavy (non-hydrogen) atoms. The second kappa shape index (κ2) is 10.9. The van der Waals surface area contributed by atoms with E-state index >= 15 is 0 Å². The molecule has 0 unspecified atom stereocenters. The van der Waals surface area contributed by atoms with Crippen LogP contribution in [0.3, 0.4) is 0 Å². The number of rotatable bonds is 8. The Morgan fingerprint density at radius 1 is 1.12 bits per heavy atom. The molecule has 0 bridgehead atoms. The molecule has 0 saturated carbocycles. The van der Waals surface area contributed by atoms with Crippen molar-refractivity contribution in [2.24, 2.45) is 0 Å². The van der Waals surface area contributed by atoms with Crippen molar-refractivity contribution in [1.29, 1.82) is 0 Å². The molecular weight excluding hydrogens is 408 g/mol. The van der Waals surface area contributed by atoms with E-state index in [-0.39, 0.29) is 30.1 Å². The molecule has 2 amide bonds. The Kier molecular flexibility index (Phi) is 7.94. The number of hydrogen-bond donors (Lipinski definition) is 1. The van der Waals surface area contributed by atoms with Crippen molar-refractivity contribution in [1.82, 2.24) is 9.80 Å². The van der Waals surface area contributed by atoms with Crippen LogP contribution in [0, 0.1) is 17.0 Å². The number of amides is 2. The van der Waals surface area contributed by atoms with Crippen LogP contribution < -0.4 is 5.32 Å². The van der Waals surface area contributed by atoms with Gasteiger partial charge in [0.2, 0.25) is 5.91 Å². The van der Waals surface area contributed by atoms with E-state index in [1.54, 1.807) is 19.1 Å². The summed E-state index contributed by atoms with van der Waals surface area (Å²) in [4.78, 5) is 40.2. The van der Waals surface area contributed by atoms with Gasteiger partial charge >= 0.3 is 0 Å². The van der Waals surface area contributed by atoms with Gasteiger partial charge in [-0.1, -0.05) is 31.2 Å². The van der Waals surface area contributed by atoms with Crippen LogP contribution in [0.25, 0.3) is 0 Å². The molecule has 0 aromatic heterocycles. The van der Waals surface area contributed by atoms with Gasteiger partial charge in [-0.05, 0) is 50.9 Å². The third kappa shape index (κ3) is 5.70. The average molecular weight is 439 g/mol. The minimum Gasteiger partial charge on any atom is -0.339 e. The lowest BCUT2D eigenvalue weighted by molar-refractivity contribution is -0.385. The zero-order valence-electron chi connectivity index (χ0n) is 18.6. The van der Waals surface area contributed by atoms with Crippen LogP contribution in [0.4, 0.5) is 11.4 Å². The lowest BCUT2D eigenvalue weighted by Gasteiger charge is -2.38. The van der Waals surface area contributed by atoms with Gasteiger partial charge in [-0.25, -0.2) is 0 Å². The van der Waals surface area contributed by atoms with E-state index in [9.17, 15) is 19.7 Å². The monoisotopic (exact) mass is 438 g/mol. The molecule has 1 N–H and O–H groups in total. The van der Waals surface area contributed by atoms with Crippen LogP contribution in [0.5, 0.6) is 0 Å². The van der Waals surface area contributed by atoms with Crippen molar-refractivity contribution in [3.05, 3.63) is 69.8 Å². The van der Waals surface area contributed by atoms with Gasteiger partial charge in [0.1, 0.15) is 0 Å². The maximum absolute atomic E-state index is 12.7. The molecule has 8 heteroatoms. The molecule has 2 aromatic rings. The summed E-state index contributed by atoms with van der Waals surface area (Å²) in [7, 11) is 0. The summed E-state index contributed by atoms with van der Waals surface area (Å²) in [5.74, 6) is -0.144. The Morgan fingerprint density at radius 3 is 2.44 bits per heavy atom. The quantitative estimate of drug-likeness (QED) is 0.499. The molecule has 3 rings (SSSR count). The van der Waals surface area contributed by atoms with E-state index in [0.717, 1.165) is 25.8 Å². The number of carbonyl (C=O) groups excluding carboxylic acids is 2. The topological polar surface area (TPSA) is 95.8 Å². The Hall–Kier alpha value is -3.26. The zero-order chi connectivity index (χ0) is 23.1. The van der Waals surface area contributed by atoms with Gasteiger partial charge in [0, 0.05) is 30.8 Å². The molecule has 8 nitrogen and oxygen atoms in total. The van der Waals surface area contributed by atoms with Crippen molar-refractivity contribution in [2.45, 2.75) is 39.2 Å². The fourth-order valence-corrected chi connectivity index (χ4v) is 4.21. The molecular formula is C24H30N4O4. The van der Waals surface area contributed by atoms with Crippen LogP contribution in [0.15, 0.2) is 48.5 Å². The van der Waals surface area contributed by atoms with Gasteiger partial charge in [-0.15, -0.1) is 0 Å². The Morgan fingerprint density at radius 2 is 1.81 bits per heavy atom. The lowest BCUT2D eigenvalue weighted by atomic mass is 10.0. The van der Waals surface area contributed by atoms with Crippen LogP contribution in [0.1, 0.15) is 42.1 Å². The Balaban J connectivity index is 1.59. The fourth-order valence-electron chi connectivity index (χ4n) is 4.21. The van der Waals surface area contributed by atoms with E-state index < -0.39 is 4.92 Å². The minimum absolute atomic E-state index is 0.0105. The first-order valence-electron chi connectivity index (χ1n) is 11.0. The van der Waals surface area contributed by atoms with Crippen molar-refractivity contribution < 1.29 is 14.5 Å². The average Bonchev–Trinajstić information content (AvgIpc) is 2.80. The van der Waals surface area contributed by atoms with Gasteiger partial charge in [0.05, 0.1) is 22.7 Å². The smallest absolute Gasteiger partial charge is 0.274 e. The van der Waals surface area contributed by atoms with E-state index in [1.165, 1.54) is 6.07 Å². The number of likely N-dealkylation sites (tertiary alicyclic amines) is 1. The first-order valence-corrected chi connectivity index (χ1v) is 11.0. The van der Waals surface area contributed by atoms with Crippen LogP contribution in [-0.4, -0.2) is 58.8 Å². The molecule has 1 aliphatic heterocycles. The Labute approximate surface area is 188 Å². The summed E-state index contributed by atoms with van der Waals surface area (Å²) >= 11 is 0. The number of nitrogens with one attached hydrogen (secondary N) is 1. The number of hydrogen-bond acceptors (Lipinski definition) is 5. The summed E-state index contributed by atoms with van der Waals surface area (Å²) in [5.41, 5.74) is 1.59. The molecule has 170 valence electrons. The first-order chi connectivity index (χ1) is 15.4. The van der Waals surface area contributed by atoms with Gasteiger partial charge in [0.25, 0.3) is 11.6 Å². The number of piperidine rings is 1. The summed E-state index contributed by atoms with van der Waals surface area (Å²) in [6.07, 6.45) is 2.52. The van der Waals surface area contributed by atoms with Gasteiger partial charge in [0.15, 0.2) is 0 Å². The standard InChI is InChI=1S/C24H30N4O4/c1-3-14-27(17-23(29)25-21-10-7-11-22(18(21)2)28(31)32)20-12-15-26(16-13-20)24(30)19-8-5-4-6-9-19/h4-11,20H,3,12-17H2,1-2H3,(H,25,29). The highest BCUT2D eigenvalue weighted by Gasteiger charge is 2.28. The molecule has 2 aromatic carbocycles. The summed E-state index contributed by atoms with van der Waals surface area (Å²) < 4.78 is 0. The Bertz CT molecular complexity index is 956. The largest absolute Gasteiger partial charge is 0.339 e. The van der Waals surface area contributed by atoms with Crippen molar-refractivity contribution >= 4 is 23.2 Å². The highest BCUT2D eigenvalue weighted by atomic mass is 16.6. The third-order valence-corrected chi connectivity index (χ3v) is 5.92. The highest BCUT2D eigenvalue weighted by Crippen LogP contribution is 2.25. The molecule has 0 aliphatic carbocycles.